The van der Waals surface area contributed by atoms with Gasteiger partial charge in [-0.3, -0.25) is 0 Å². The predicted molar refractivity (Wildman–Crippen MR) is 75.8 cm³/mol. The van der Waals surface area contributed by atoms with Gasteiger partial charge in [-0.2, -0.15) is 0 Å². The summed E-state index contributed by atoms with van der Waals surface area (Å²) in [5, 5.41) is 0. The maximum absolute atomic E-state index is 2.27. The van der Waals surface area contributed by atoms with Gasteiger partial charge < -0.3 is 0 Å². The highest BCUT2D eigenvalue weighted by molar-refractivity contribution is 5.55. The van der Waals surface area contributed by atoms with Crippen molar-refractivity contribution in [3.8, 4) is 0 Å². The van der Waals surface area contributed by atoms with Crippen molar-refractivity contribution in [2.75, 3.05) is 0 Å². The third-order valence-corrected chi connectivity index (χ3v) is 3.18. The third-order valence-electron chi connectivity index (χ3n) is 3.18. The molecule has 3 aliphatic rings. The van der Waals surface area contributed by atoms with Gasteiger partial charge in [-0.05, 0) is 41.6 Å². The Hall–Kier alpha value is -1.56. The van der Waals surface area contributed by atoms with Gasteiger partial charge in [-0.25, -0.2) is 0 Å². The van der Waals surface area contributed by atoms with E-state index in [1.54, 1.807) is 5.57 Å². The summed E-state index contributed by atoms with van der Waals surface area (Å²) in [7, 11) is 0. The lowest BCUT2D eigenvalue weighted by molar-refractivity contribution is 0.942. The highest BCUT2D eigenvalue weighted by Gasteiger charge is 2.15. The first-order chi connectivity index (χ1) is 8.43. The quantitative estimate of drug-likeness (QED) is 0.540. The highest BCUT2D eigenvalue weighted by Crippen LogP contribution is 2.34. The van der Waals surface area contributed by atoms with E-state index in [0.717, 1.165) is 6.42 Å². The second kappa shape index (κ2) is 5.67. The summed E-state index contributed by atoms with van der Waals surface area (Å²) in [6.07, 6.45) is 21.3. The first-order valence-electron chi connectivity index (χ1n) is 6.58. The van der Waals surface area contributed by atoms with Gasteiger partial charge >= 0.3 is 0 Å². The van der Waals surface area contributed by atoms with Crippen LogP contribution in [0, 0.1) is 0 Å². The van der Waals surface area contributed by atoms with Gasteiger partial charge in [-0.1, -0.05) is 62.5 Å². The molecule has 0 saturated heterocycles. The highest BCUT2D eigenvalue weighted by atomic mass is 14.2. The van der Waals surface area contributed by atoms with Gasteiger partial charge in [0.15, 0.2) is 0 Å². The van der Waals surface area contributed by atoms with Gasteiger partial charge in [-0.15, -0.1) is 0 Å². The lowest BCUT2D eigenvalue weighted by atomic mass is 9.90. The molecule has 0 spiro atoms. The van der Waals surface area contributed by atoms with Crippen molar-refractivity contribution in [2.24, 2.45) is 0 Å². The molecule has 0 aromatic heterocycles. The summed E-state index contributed by atoms with van der Waals surface area (Å²) in [5.41, 5.74) is 5.87. The second-order valence-corrected chi connectivity index (χ2v) is 4.20. The normalized spacial score (nSPS) is 20.6. The van der Waals surface area contributed by atoms with Crippen molar-refractivity contribution in [1.29, 1.82) is 0 Å². The minimum Gasteiger partial charge on any atom is -0.0836 e. The van der Waals surface area contributed by atoms with Crippen LogP contribution in [0.2, 0.25) is 0 Å². The molecule has 0 atom stereocenters. The van der Waals surface area contributed by atoms with Crippen LogP contribution >= 0.6 is 0 Å². The molecule has 2 bridgehead atoms. The van der Waals surface area contributed by atoms with Crippen molar-refractivity contribution in [3.63, 3.8) is 0 Å². The molecule has 0 heterocycles. The van der Waals surface area contributed by atoms with Gasteiger partial charge in [0.1, 0.15) is 0 Å². The lowest BCUT2D eigenvalue weighted by Crippen LogP contribution is -1.96. The standard InChI is InChI=1S/C15H14.C2H6/c1-2-7-14-11-12(5-1)9-10-13-6-3-4-8-15(13)14;1-2/h1-3,5-7,9-10H,4,8,11H2;1-2H3. The molecule has 88 valence electrons. The third kappa shape index (κ3) is 2.58. The van der Waals surface area contributed by atoms with E-state index in [-0.39, 0.29) is 0 Å². The van der Waals surface area contributed by atoms with Gasteiger partial charge in [0.25, 0.3) is 0 Å². The van der Waals surface area contributed by atoms with Crippen LogP contribution in [0.3, 0.4) is 0 Å². The van der Waals surface area contributed by atoms with Crippen molar-refractivity contribution in [2.45, 2.75) is 33.1 Å². The van der Waals surface area contributed by atoms with Crippen LogP contribution in [0.1, 0.15) is 33.1 Å². The molecule has 0 N–H and O–H groups in total. The Morgan fingerprint density at radius 2 is 1.76 bits per heavy atom. The Bertz CT molecular complexity index is 462. The Morgan fingerprint density at radius 1 is 0.941 bits per heavy atom. The Labute approximate surface area is 104 Å². The Kier molecular flexibility index (Phi) is 3.98. The van der Waals surface area contributed by atoms with Gasteiger partial charge in [0.05, 0.1) is 0 Å². The average Bonchev–Trinajstić information content (AvgIpc) is 2.74. The molecule has 0 saturated carbocycles. The summed E-state index contributed by atoms with van der Waals surface area (Å²) in [6.45, 7) is 4.00. The topological polar surface area (TPSA) is 0 Å². The maximum Gasteiger partial charge on any atom is -0.00228 e. The number of rotatable bonds is 0. The van der Waals surface area contributed by atoms with Crippen molar-refractivity contribution >= 4 is 0 Å². The largest absolute Gasteiger partial charge is 0.0836 e. The summed E-state index contributed by atoms with van der Waals surface area (Å²) in [5.74, 6) is 0. The van der Waals surface area contributed by atoms with Crippen LogP contribution in [-0.2, 0) is 0 Å². The first kappa shape index (κ1) is 11.9. The number of hydrogen-bond donors (Lipinski definition) is 0. The number of fused-ring (bicyclic) bond motifs is 3. The smallest absolute Gasteiger partial charge is 0.00228 e. The predicted octanol–water partition coefficient (Wildman–Crippen LogP) is 5.04. The zero-order chi connectivity index (χ0) is 12.1. The summed E-state index contributed by atoms with van der Waals surface area (Å²) >= 11 is 0. The molecule has 0 unspecified atom stereocenters. The van der Waals surface area contributed by atoms with Crippen LogP contribution in [0.4, 0.5) is 0 Å². The van der Waals surface area contributed by atoms with E-state index in [9.17, 15) is 0 Å². The maximum atomic E-state index is 2.27. The van der Waals surface area contributed by atoms with E-state index in [4.69, 9.17) is 0 Å². The van der Waals surface area contributed by atoms with Crippen molar-refractivity contribution in [3.05, 3.63) is 70.9 Å². The molecule has 0 aromatic rings. The minimum absolute atomic E-state index is 1.09. The fraction of sp³-hybridized carbons (Fsp3) is 0.294. The fourth-order valence-electron chi connectivity index (χ4n) is 2.39. The van der Waals surface area contributed by atoms with Crippen LogP contribution in [0.15, 0.2) is 70.9 Å². The minimum atomic E-state index is 1.09. The van der Waals surface area contributed by atoms with Gasteiger partial charge in [0.2, 0.25) is 0 Å². The summed E-state index contributed by atoms with van der Waals surface area (Å²) < 4.78 is 0. The van der Waals surface area contributed by atoms with E-state index < -0.39 is 0 Å². The zero-order valence-corrected chi connectivity index (χ0v) is 10.7. The first-order valence-corrected chi connectivity index (χ1v) is 6.58. The molecule has 3 aliphatic carbocycles. The van der Waals surface area contributed by atoms with E-state index in [2.05, 4.69) is 48.6 Å². The van der Waals surface area contributed by atoms with Gasteiger partial charge in [0, 0.05) is 0 Å². The van der Waals surface area contributed by atoms with Crippen molar-refractivity contribution in [1.82, 2.24) is 0 Å². The molecule has 0 nitrogen and oxygen atoms in total. The van der Waals surface area contributed by atoms with E-state index >= 15 is 0 Å². The Balaban J connectivity index is 0.000000514. The molecule has 17 heavy (non-hydrogen) atoms. The monoisotopic (exact) mass is 224 g/mol. The molecule has 0 fully saturated rings. The van der Waals surface area contributed by atoms with E-state index in [1.807, 2.05) is 13.8 Å². The fourth-order valence-corrected chi connectivity index (χ4v) is 2.39. The van der Waals surface area contributed by atoms with Crippen LogP contribution in [0.5, 0.6) is 0 Å². The molecular weight excluding hydrogens is 204 g/mol. The van der Waals surface area contributed by atoms with Crippen molar-refractivity contribution < 1.29 is 0 Å². The van der Waals surface area contributed by atoms with E-state index in [1.165, 1.54) is 29.6 Å². The lowest BCUT2D eigenvalue weighted by Gasteiger charge is -2.14. The SMILES string of the molecule is C1=CC=C2CC(=C1)C=CC1=C2CCC=C1.CC. The van der Waals surface area contributed by atoms with E-state index in [0.29, 0.717) is 0 Å². The van der Waals surface area contributed by atoms with Crippen LogP contribution in [-0.4, -0.2) is 0 Å². The molecular formula is C17H20. The molecule has 0 radical (unpaired) electrons. The Morgan fingerprint density at radius 3 is 2.65 bits per heavy atom. The second-order valence-electron chi connectivity index (χ2n) is 4.20. The zero-order valence-electron chi connectivity index (χ0n) is 10.7. The summed E-state index contributed by atoms with van der Waals surface area (Å²) in [6, 6.07) is 0. The molecule has 3 rings (SSSR count). The van der Waals surface area contributed by atoms with Crippen LogP contribution in [0.25, 0.3) is 0 Å². The number of hydrogen-bond acceptors (Lipinski definition) is 0. The average molecular weight is 224 g/mol. The summed E-state index contributed by atoms with van der Waals surface area (Å²) in [4.78, 5) is 0. The molecule has 0 aliphatic heterocycles. The molecule has 0 amide bonds. The van der Waals surface area contributed by atoms with Crippen LogP contribution < -0.4 is 0 Å². The number of allylic oxidation sites excluding steroid dienone is 12. The molecule has 0 aromatic carbocycles. The molecule has 0 heteroatoms.